The highest BCUT2D eigenvalue weighted by molar-refractivity contribution is 5.47. The van der Waals surface area contributed by atoms with Gasteiger partial charge in [-0.25, -0.2) is 0 Å². The number of benzene rings is 1. The molecular formula is C13H16O. The van der Waals surface area contributed by atoms with E-state index in [0.29, 0.717) is 0 Å². The topological polar surface area (TPSA) is 20.2 Å². The van der Waals surface area contributed by atoms with Gasteiger partial charge in [0.1, 0.15) is 5.75 Å². The maximum atomic E-state index is 9.79. The molecule has 0 aliphatic rings. The Morgan fingerprint density at radius 3 is 2.21 bits per heavy atom. The summed E-state index contributed by atoms with van der Waals surface area (Å²) in [5.41, 5.74) is 2.64. The second kappa shape index (κ2) is 3.38. The third-order valence-electron chi connectivity index (χ3n) is 2.65. The van der Waals surface area contributed by atoms with Gasteiger partial charge in [-0.2, -0.15) is 0 Å². The Bertz CT molecular complexity index is 394. The molecule has 1 rings (SSSR count). The van der Waals surface area contributed by atoms with Crippen LogP contribution in [0, 0.1) is 26.2 Å². The van der Waals surface area contributed by atoms with Gasteiger partial charge in [0.05, 0.1) is 5.41 Å². The van der Waals surface area contributed by atoms with Crippen LogP contribution in [0.3, 0.4) is 0 Å². The molecule has 14 heavy (non-hydrogen) atoms. The first-order valence-electron chi connectivity index (χ1n) is 4.67. The average molecular weight is 188 g/mol. The summed E-state index contributed by atoms with van der Waals surface area (Å²) in [6.07, 6.45) is 5.43. The first-order chi connectivity index (χ1) is 6.38. The minimum absolute atomic E-state index is 0.288. The highest BCUT2D eigenvalue weighted by atomic mass is 16.3. The van der Waals surface area contributed by atoms with Crippen LogP contribution in [0.5, 0.6) is 5.75 Å². The monoisotopic (exact) mass is 188 g/mol. The fourth-order valence-electron chi connectivity index (χ4n) is 1.38. The molecule has 1 N–H and O–H groups in total. The minimum Gasteiger partial charge on any atom is -0.508 e. The molecule has 1 heteroatoms. The minimum atomic E-state index is -0.414. The Morgan fingerprint density at radius 2 is 1.71 bits per heavy atom. The lowest BCUT2D eigenvalue weighted by Gasteiger charge is -2.20. The van der Waals surface area contributed by atoms with Gasteiger partial charge in [-0.1, -0.05) is 12.0 Å². The molecule has 0 bridgehead atoms. The van der Waals surface area contributed by atoms with E-state index in [1.165, 1.54) is 0 Å². The molecule has 0 aliphatic carbocycles. The summed E-state index contributed by atoms with van der Waals surface area (Å²) in [6.45, 7) is 7.85. The van der Waals surface area contributed by atoms with Crippen LogP contribution in [0.2, 0.25) is 0 Å². The number of aromatic hydroxyl groups is 1. The Hall–Kier alpha value is -1.42. The number of phenolic OH excluding ortho intramolecular Hbond substituents is 1. The van der Waals surface area contributed by atoms with E-state index < -0.39 is 5.41 Å². The quantitative estimate of drug-likeness (QED) is 0.672. The van der Waals surface area contributed by atoms with Crippen LogP contribution in [0.4, 0.5) is 0 Å². The van der Waals surface area contributed by atoms with Crippen molar-refractivity contribution in [2.24, 2.45) is 0 Å². The van der Waals surface area contributed by atoms with Crippen molar-refractivity contribution in [3.05, 3.63) is 28.8 Å². The van der Waals surface area contributed by atoms with E-state index in [4.69, 9.17) is 6.42 Å². The van der Waals surface area contributed by atoms with Gasteiger partial charge < -0.3 is 5.11 Å². The lowest BCUT2D eigenvalue weighted by Crippen LogP contribution is -2.14. The molecule has 0 amide bonds. The van der Waals surface area contributed by atoms with Gasteiger partial charge in [0.2, 0.25) is 0 Å². The molecule has 0 atom stereocenters. The molecule has 0 unspecified atom stereocenters. The van der Waals surface area contributed by atoms with Crippen LogP contribution >= 0.6 is 0 Å². The standard InChI is InChI=1S/C13H16O/c1-6-13(4,5)11-7-9(2)10(3)8-12(11)14/h1,7-8,14H,2-5H3. The van der Waals surface area contributed by atoms with Gasteiger partial charge in [0, 0.05) is 5.56 Å². The molecule has 74 valence electrons. The van der Waals surface area contributed by atoms with Crippen molar-refractivity contribution in [3.8, 4) is 18.1 Å². The lowest BCUT2D eigenvalue weighted by molar-refractivity contribution is 0.456. The average Bonchev–Trinajstić information content (AvgIpc) is 2.11. The van der Waals surface area contributed by atoms with Crippen molar-refractivity contribution in [1.29, 1.82) is 0 Å². The van der Waals surface area contributed by atoms with E-state index in [1.807, 2.05) is 33.8 Å². The van der Waals surface area contributed by atoms with Crippen LogP contribution in [-0.4, -0.2) is 5.11 Å². The molecule has 0 saturated carbocycles. The molecule has 1 nitrogen and oxygen atoms in total. The smallest absolute Gasteiger partial charge is 0.120 e. The Morgan fingerprint density at radius 1 is 1.21 bits per heavy atom. The molecule has 1 aromatic carbocycles. The number of aryl methyl sites for hydroxylation is 2. The molecule has 0 saturated heterocycles. The molecule has 0 aliphatic heterocycles. The maximum Gasteiger partial charge on any atom is 0.120 e. The zero-order valence-corrected chi connectivity index (χ0v) is 9.18. The first kappa shape index (κ1) is 10.7. The number of hydrogen-bond donors (Lipinski definition) is 1. The van der Waals surface area contributed by atoms with Gasteiger partial charge in [0.15, 0.2) is 0 Å². The Balaban J connectivity index is 3.38. The predicted octanol–water partition coefficient (Wildman–Crippen LogP) is 2.92. The van der Waals surface area contributed by atoms with Gasteiger partial charge in [-0.15, -0.1) is 6.42 Å². The van der Waals surface area contributed by atoms with E-state index in [-0.39, 0.29) is 5.75 Å². The Kier molecular flexibility index (Phi) is 2.57. The summed E-state index contributed by atoms with van der Waals surface area (Å²) in [5.74, 6) is 2.97. The predicted molar refractivity (Wildman–Crippen MR) is 59.4 cm³/mol. The van der Waals surface area contributed by atoms with E-state index in [0.717, 1.165) is 16.7 Å². The highest BCUT2D eigenvalue weighted by Gasteiger charge is 2.21. The van der Waals surface area contributed by atoms with Crippen molar-refractivity contribution in [3.63, 3.8) is 0 Å². The van der Waals surface area contributed by atoms with Gasteiger partial charge in [-0.05, 0) is 44.9 Å². The Labute approximate surface area is 85.8 Å². The van der Waals surface area contributed by atoms with Crippen LogP contribution < -0.4 is 0 Å². The van der Waals surface area contributed by atoms with Crippen LogP contribution in [0.1, 0.15) is 30.5 Å². The summed E-state index contributed by atoms with van der Waals surface area (Å²) in [6, 6.07) is 3.73. The second-order valence-electron chi connectivity index (χ2n) is 4.22. The van der Waals surface area contributed by atoms with E-state index in [2.05, 4.69) is 5.92 Å². The van der Waals surface area contributed by atoms with Crippen molar-refractivity contribution in [1.82, 2.24) is 0 Å². The van der Waals surface area contributed by atoms with E-state index in [9.17, 15) is 5.11 Å². The van der Waals surface area contributed by atoms with Gasteiger partial charge in [-0.3, -0.25) is 0 Å². The van der Waals surface area contributed by atoms with E-state index in [1.54, 1.807) is 6.07 Å². The van der Waals surface area contributed by atoms with Gasteiger partial charge >= 0.3 is 0 Å². The van der Waals surface area contributed by atoms with Crippen LogP contribution in [0.15, 0.2) is 12.1 Å². The van der Waals surface area contributed by atoms with Gasteiger partial charge in [0.25, 0.3) is 0 Å². The summed E-state index contributed by atoms with van der Waals surface area (Å²) in [4.78, 5) is 0. The van der Waals surface area contributed by atoms with Crippen molar-refractivity contribution in [2.75, 3.05) is 0 Å². The SMILES string of the molecule is C#CC(C)(C)c1cc(C)c(C)cc1O. The summed E-state index contributed by atoms with van der Waals surface area (Å²) in [5, 5.41) is 9.79. The highest BCUT2D eigenvalue weighted by Crippen LogP contribution is 2.32. The van der Waals surface area contributed by atoms with E-state index >= 15 is 0 Å². The molecule has 1 aromatic rings. The second-order valence-corrected chi connectivity index (χ2v) is 4.22. The number of hydrogen-bond acceptors (Lipinski definition) is 1. The molecular weight excluding hydrogens is 172 g/mol. The third kappa shape index (κ3) is 1.75. The number of phenols is 1. The number of terminal acetylenes is 1. The van der Waals surface area contributed by atoms with Crippen molar-refractivity contribution >= 4 is 0 Å². The molecule has 0 fully saturated rings. The van der Waals surface area contributed by atoms with Crippen molar-refractivity contribution < 1.29 is 5.11 Å². The van der Waals surface area contributed by atoms with Crippen LogP contribution in [-0.2, 0) is 5.41 Å². The zero-order valence-electron chi connectivity index (χ0n) is 9.18. The third-order valence-corrected chi connectivity index (χ3v) is 2.65. The molecule has 0 radical (unpaired) electrons. The summed E-state index contributed by atoms with van der Waals surface area (Å²) in [7, 11) is 0. The fraction of sp³-hybridized carbons (Fsp3) is 0.385. The lowest BCUT2D eigenvalue weighted by atomic mass is 9.83. The molecule has 0 spiro atoms. The van der Waals surface area contributed by atoms with Crippen LogP contribution in [0.25, 0.3) is 0 Å². The first-order valence-corrected chi connectivity index (χ1v) is 4.67. The fourth-order valence-corrected chi connectivity index (χ4v) is 1.38. The maximum absolute atomic E-state index is 9.79. The molecule has 0 aromatic heterocycles. The zero-order chi connectivity index (χ0) is 10.9. The summed E-state index contributed by atoms with van der Waals surface area (Å²) >= 11 is 0. The normalized spacial score (nSPS) is 11.1. The number of rotatable bonds is 1. The summed E-state index contributed by atoms with van der Waals surface area (Å²) < 4.78 is 0. The largest absolute Gasteiger partial charge is 0.508 e. The molecule has 0 heterocycles. The van der Waals surface area contributed by atoms with Crippen molar-refractivity contribution in [2.45, 2.75) is 33.1 Å².